The Hall–Kier alpha value is -3.13. The van der Waals surface area contributed by atoms with Crippen molar-refractivity contribution in [1.82, 2.24) is 0 Å². The van der Waals surface area contributed by atoms with Gasteiger partial charge in [0.1, 0.15) is 16.3 Å². The van der Waals surface area contributed by atoms with Crippen molar-refractivity contribution in [2.45, 2.75) is 26.7 Å². The number of allylic oxidation sites excluding steroid dienone is 2. The maximum absolute atomic E-state index is 12.9. The predicted molar refractivity (Wildman–Crippen MR) is 119 cm³/mol. The van der Waals surface area contributed by atoms with Gasteiger partial charge in [-0.3, -0.25) is 9.59 Å². The number of carbonyl (C=O) groups excluding carboxylic acids is 2. The average molecular weight is 444 g/mol. The van der Waals surface area contributed by atoms with Crippen LogP contribution in [0.1, 0.15) is 37.0 Å². The molecule has 0 spiro atoms. The number of anilines is 1. The monoisotopic (exact) mass is 443 g/mol. The summed E-state index contributed by atoms with van der Waals surface area (Å²) in [7, 11) is 0. The van der Waals surface area contributed by atoms with E-state index in [1.165, 1.54) is 11.3 Å². The van der Waals surface area contributed by atoms with E-state index >= 15 is 0 Å². The maximum atomic E-state index is 12.9. The minimum atomic E-state index is -1.00. The molecule has 0 bridgehead atoms. The Morgan fingerprint density at radius 2 is 1.74 bits per heavy atom. The Kier molecular flexibility index (Phi) is 7.46. The van der Waals surface area contributed by atoms with Gasteiger partial charge in [-0.05, 0) is 44.4 Å². The summed E-state index contributed by atoms with van der Waals surface area (Å²) >= 11 is 1.21. The number of carboxylic acid groups (broad SMARTS) is 1. The van der Waals surface area contributed by atoms with Crippen LogP contribution >= 0.6 is 11.3 Å². The number of aliphatic carboxylic acids is 1. The summed E-state index contributed by atoms with van der Waals surface area (Å²) < 4.78 is 10.7. The second kappa shape index (κ2) is 10.3. The van der Waals surface area contributed by atoms with Gasteiger partial charge in [-0.15, -0.1) is 11.3 Å². The number of benzene rings is 1. The molecule has 0 unspecified atom stereocenters. The molecular formula is C23H25NO6S. The second-order valence-electron chi connectivity index (χ2n) is 7.01. The van der Waals surface area contributed by atoms with Gasteiger partial charge in [0.15, 0.2) is 0 Å². The zero-order valence-corrected chi connectivity index (χ0v) is 18.2. The standard InChI is InChI=1S/C23H25NO6S/c1-3-29-15-11-9-14(10-12-15)18-13-31-21(19(18)23(28)30-4-2)24-20(25)16-7-5-6-8-17(16)22(26)27/h5-6,9-13,16-17H,3-4,7-8H2,1-2H3,(H,24,25)(H,26,27)/t16-,17+/m0/s1. The van der Waals surface area contributed by atoms with E-state index in [2.05, 4.69) is 5.32 Å². The van der Waals surface area contributed by atoms with Crippen LogP contribution in [0.5, 0.6) is 5.75 Å². The Bertz CT molecular complexity index is 978. The molecule has 1 heterocycles. The molecule has 0 saturated heterocycles. The highest BCUT2D eigenvalue weighted by Gasteiger charge is 2.35. The van der Waals surface area contributed by atoms with Gasteiger partial charge in [-0.1, -0.05) is 24.3 Å². The van der Waals surface area contributed by atoms with Gasteiger partial charge in [0.05, 0.1) is 25.0 Å². The van der Waals surface area contributed by atoms with Crippen molar-refractivity contribution in [2.24, 2.45) is 11.8 Å². The lowest BCUT2D eigenvalue weighted by atomic mass is 9.82. The average Bonchev–Trinajstić information content (AvgIpc) is 3.18. The van der Waals surface area contributed by atoms with Crippen LogP contribution in [-0.4, -0.2) is 36.2 Å². The van der Waals surface area contributed by atoms with E-state index in [1.807, 2.05) is 37.3 Å². The summed E-state index contributed by atoms with van der Waals surface area (Å²) in [4.78, 5) is 37.2. The van der Waals surface area contributed by atoms with Gasteiger partial charge in [0.25, 0.3) is 0 Å². The van der Waals surface area contributed by atoms with Crippen LogP contribution in [0, 0.1) is 11.8 Å². The first-order valence-corrected chi connectivity index (χ1v) is 11.0. The van der Waals surface area contributed by atoms with Crippen LogP contribution in [0.3, 0.4) is 0 Å². The number of nitrogens with one attached hydrogen (secondary N) is 1. The molecule has 0 saturated carbocycles. The molecule has 3 rings (SSSR count). The molecule has 7 nitrogen and oxygen atoms in total. The van der Waals surface area contributed by atoms with Gasteiger partial charge in [0, 0.05) is 10.9 Å². The number of amides is 1. The molecule has 0 fully saturated rings. The molecule has 2 atom stereocenters. The largest absolute Gasteiger partial charge is 0.494 e. The number of ether oxygens (including phenoxy) is 2. The molecule has 0 aliphatic heterocycles. The first kappa shape index (κ1) is 22.6. The second-order valence-corrected chi connectivity index (χ2v) is 7.89. The van der Waals surface area contributed by atoms with E-state index in [-0.39, 0.29) is 12.2 Å². The molecular weight excluding hydrogens is 418 g/mol. The van der Waals surface area contributed by atoms with E-state index in [4.69, 9.17) is 9.47 Å². The van der Waals surface area contributed by atoms with Gasteiger partial charge in [0.2, 0.25) is 5.91 Å². The smallest absolute Gasteiger partial charge is 0.341 e. The third-order valence-corrected chi connectivity index (χ3v) is 5.97. The maximum Gasteiger partial charge on any atom is 0.341 e. The fraction of sp³-hybridized carbons (Fsp3) is 0.348. The lowest BCUT2D eigenvalue weighted by Crippen LogP contribution is -2.34. The highest BCUT2D eigenvalue weighted by molar-refractivity contribution is 7.15. The first-order valence-electron chi connectivity index (χ1n) is 10.2. The Morgan fingerprint density at radius 3 is 2.35 bits per heavy atom. The number of thiophene rings is 1. The van der Waals surface area contributed by atoms with Crippen LogP contribution in [0.15, 0.2) is 41.8 Å². The number of hydrogen-bond acceptors (Lipinski definition) is 6. The zero-order valence-electron chi connectivity index (χ0n) is 17.4. The van der Waals surface area contributed by atoms with E-state index < -0.39 is 29.7 Å². The van der Waals surface area contributed by atoms with Crippen molar-refractivity contribution in [2.75, 3.05) is 18.5 Å². The SMILES string of the molecule is CCOC(=O)c1c(-c2ccc(OCC)cc2)csc1NC(=O)[C@H]1CC=CC[C@H]1C(=O)O. The summed E-state index contributed by atoms with van der Waals surface area (Å²) in [6, 6.07) is 7.31. The summed E-state index contributed by atoms with van der Waals surface area (Å²) in [5.41, 5.74) is 1.69. The quantitative estimate of drug-likeness (QED) is 0.457. The van der Waals surface area contributed by atoms with Crippen LogP contribution < -0.4 is 10.1 Å². The van der Waals surface area contributed by atoms with E-state index in [0.29, 0.717) is 30.0 Å². The highest BCUT2D eigenvalue weighted by Crippen LogP contribution is 2.38. The predicted octanol–water partition coefficient (Wildman–Crippen LogP) is 4.60. The minimum Gasteiger partial charge on any atom is -0.494 e. The Morgan fingerprint density at radius 1 is 1.06 bits per heavy atom. The molecule has 8 heteroatoms. The number of carbonyl (C=O) groups is 3. The van der Waals surface area contributed by atoms with Crippen LogP contribution in [-0.2, 0) is 14.3 Å². The molecule has 1 aliphatic carbocycles. The summed E-state index contributed by atoms with van der Waals surface area (Å²) in [6.07, 6.45) is 4.24. The van der Waals surface area contributed by atoms with Crippen molar-refractivity contribution < 1.29 is 29.0 Å². The number of hydrogen-bond donors (Lipinski definition) is 2. The Labute approximate surface area is 184 Å². The molecule has 1 aromatic carbocycles. The molecule has 164 valence electrons. The van der Waals surface area contributed by atoms with Crippen molar-refractivity contribution in [3.05, 3.63) is 47.4 Å². The minimum absolute atomic E-state index is 0.194. The summed E-state index contributed by atoms with van der Waals surface area (Å²) in [5.74, 6) is -2.73. The molecule has 1 aromatic heterocycles. The van der Waals surface area contributed by atoms with Gasteiger partial charge in [-0.2, -0.15) is 0 Å². The van der Waals surface area contributed by atoms with Crippen LogP contribution in [0.25, 0.3) is 11.1 Å². The molecule has 2 N–H and O–H groups in total. The number of rotatable bonds is 8. The van der Waals surface area contributed by atoms with Crippen LogP contribution in [0.4, 0.5) is 5.00 Å². The van der Waals surface area contributed by atoms with Gasteiger partial charge < -0.3 is 19.9 Å². The lowest BCUT2D eigenvalue weighted by molar-refractivity contribution is -0.146. The molecule has 0 radical (unpaired) electrons. The molecule has 2 aromatic rings. The van der Waals surface area contributed by atoms with Crippen molar-refractivity contribution in [3.8, 4) is 16.9 Å². The summed E-state index contributed by atoms with van der Waals surface area (Å²) in [5, 5.41) is 14.4. The van der Waals surface area contributed by atoms with Crippen LogP contribution in [0.2, 0.25) is 0 Å². The third-order valence-electron chi connectivity index (χ3n) is 5.07. The van der Waals surface area contributed by atoms with E-state index in [0.717, 1.165) is 11.3 Å². The lowest BCUT2D eigenvalue weighted by Gasteiger charge is -2.24. The van der Waals surface area contributed by atoms with E-state index in [9.17, 15) is 19.5 Å². The third kappa shape index (κ3) is 5.14. The van der Waals surface area contributed by atoms with Gasteiger partial charge >= 0.3 is 11.9 Å². The summed E-state index contributed by atoms with van der Waals surface area (Å²) in [6.45, 7) is 4.36. The highest BCUT2D eigenvalue weighted by atomic mass is 32.1. The van der Waals surface area contributed by atoms with Crippen molar-refractivity contribution >= 4 is 34.2 Å². The van der Waals surface area contributed by atoms with Crippen molar-refractivity contribution in [1.29, 1.82) is 0 Å². The molecule has 31 heavy (non-hydrogen) atoms. The number of carboxylic acids is 1. The fourth-order valence-corrected chi connectivity index (χ4v) is 4.51. The normalized spacial score (nSPS) is 17.7. The first-order chi connectivity index (χ1) is 15.0. The van der Waals surface area contributed by atoms with E-state index in [1.54, 1.807) is 18.4 Å². The molecule has 1 amide bonds. The molecule has 1 aliphatic rings. The zero-order chi connectivity index (χ0) is 22.4. The number of esters is 1. The topological polar surface area (TPSA) is 102 Å². The Balaban J connectivity index is 1.91. The fourth-order valence-electron chi connectivity index (χ4n) is 3.55. The van der Waals surface area contributed by atoms with Gasteiger partial charge in [-0.25, -0.2) is 4.79 Å². The van der Waals surface area contributed by atoms with Crippen molar-refractivity contribution in [3.63, 3.8) is 0 Å².